The molecule has 1 saturated carbocycles. The molecule has 1 aliphatic rings. The molecule has 1 aliphatic carbocycles. The Bertz CT molecular complexity index is 533. The summed E-state index contributed by atoms with van der Waals surface area (Å²) in [6, 6.07) is 7.75. The third-order valence-corrected chi connectivity index (χ3v) is 4.57. The van der Waals surface area contributed by atoms with Crippen molar-refractivity contribution < 1.29 is 14.7 Å². The lowest BCUT2D eigenvalue weighted by atomic mass is 9.79. The molecule has 114 valence electrons. The van der Waals surface area contributed by atoms with Gasteiger partial charge in [0.05, 0.1) is 6.42 Å². The van der Waals surface area contributed by atoms with E-state index < -0.39 is 5.97 Å². The van der Waals surface area contributed by atoms with E-state index in [1.807, 2.05) is 31.2 Å². The second-order valence-electron chi connectivity index (χ2n) is 6.19. The van der Waals surface area contributed by atoms with Gasteiger partial charge in [-0.05, 0) is 36.8 Å². The van der Waals surface area contributed by atoms with Crippen LogP contribution in [0.1, 0.15) is 44.1 Å². The second kappa shape index (κ2) is 6.29. The molecule has 1 aromatic rings. The molecule has 1 aromatic carbocycles. The number of amides is 1. The number of carboxylic acid groups (broad SMARTS) is 1. The summed E-state index contributed by atoms with van der Waals surface area (Å²) in [4.78, 5) is 25.3. The topological polar surface area (TPSA) is 57.6 Å². The van der Waals surface area contributed by atoms with Gasteiger partial charge >= 0.3 is 5.97 Å². The van der Waals surface area contributed by atoms with Crippen LogP contribution in [0.5, 0.6) is 0 Å². The van der Waals surface area contributed by atoms with Gasteiger partial charge in [0.2, 0.25) is 5.91 Å². The lowest BCUT2D eigenvalue weighted by Gasteiger charge is -2.29. The summed E-state index contributed by atoms with van der Waals surface area (Å²) in [6.07, 6.45) is 4.15. The Kier molecular flexibility index (Phi) is 4.66. The van der Waals surface area contributed by atoms with Crippen LogP contribution in [0.4, 0.5) is 5.69 Å². The largest absolute Gasteiger partial charge is 0.481 e. The van der Waals surface area contributed by atoms with Crippen LogP contribution in [0.15, 0.2) is 24.3 Å². The van der Waals surface area contributed by atoms with E-state index in [1.54, 1.807) is 11.9 Å². The Hall–Kier alpha value is -1.84. The Morgan fingerprint density at radius 2 is 1.81 bits per heavy atom. The van der Waals surface area contributed by atoms with E-state index in [0.717, 1.165) is 36.9 Å². The van der Waals surface area contributed by atoms with Crippen LogP contribution in [0.2, 0.25) is 0 Å². The van der Waals surface area contributed by atoms with Crippen LogP contribution in [-0.2, 0) is 9.59 Å². The van der Waals surface area contributed by atoms with Crippen molar-refractivity contribution in [2.75, 3.05) is 11.9 Å². The van der Waals surface area contributed by atoms with Crippen molar-refractivity contribution in [2.24, 2.45) is 5.41 Å². The van der Waals surface area contributed by atoms with Crippen molar-refractivity contribution in [3.63, 3.8) is 0 Å². The second-order valence-corrected chi connectivity index (χ2v) is 6.19. The fraction of sp³-hybridized carbons (Fsp3) is 0.529. The molecule has 0 radical (unpaired) electrons. The summed E-state index contributed by atoms with van der Waals surface area (Å²) in [5.41, 5.74) is 1.60. The molecule has 1 fully saturated rings. The lowest BCUT2D eigenvalue weighted by molar-refractivity contribution is -0.140. The zero-order valence-corrected chi connectivity index (χ0v) is 12.8. The Balaban J connectivity index is 2.12. The van der Waals surface area contributed by atoms with E-state index in [2.05, 4.69) is 0 Å². The number of aryl methyl sites for hydroxylation is 1. The predicted molar refractivity (Wildman–Crippen MR) is 82.4 cm³/mol. The van der Waals surface area contributed by atoms with Gasteiger partial charge in [-0.15, -0.1) is 0 Å². The standard InChI is InChI=1S/C17H23NO3/c1-13-7-3-4-8-14(13)18(2)15(19)11-17(12-16(20)21)9-5-6-10-17/h3-4,7-8H,5-6,9-12H2,1-2H3,(H,20,21). The van der Waals surface area contributed by atoms with Crippen LogP contribution >= 0.6 is 0 Å². The van der Waals surface area contributed by atoms with Crippen molar-refractivity contribution in [3.8, 4) is 0 Å². The van der Waals surface area contributed by atoms with Gasteiger partial charge < -0.3 is 10.0 Å². The van der Waals surface area contributed by atoms with E-state index in [4.69, 9.17) is 5.11 Å². The molecule has 0 bridgehead atoms. The first-order valence-electron chi connectivity index (χ1n) is 7.47. The monoisotopic (exact) mass is 289 g/mol. The molecule has 0 saturated heterocycles. The average molecular weight is 289 g/mol. The molecule has 0 aromatic heterocycles. The Labute approximate surface area is 125 Å². The van der Waals surface area contributed by atoms with Crippen LogP contribution in [0.25, 0.3) is 0 Å². The quantitative estimate of drug-likeness (QED) is 0.904. The maximum absolute atomic E-state index is 12.6. The summed E-state index contributed by atoms with van der Waals surface area (Å²) >= 11 is 0. The van der Waals surface area contributed by atoms with Gasteiger partial charge in [-0.25, -0.2) is 0 Å². The highest BCUT2D eigenvalue weighted by atomic mass is 16.4. The highest BCUT2D eigenvalue weighted by molar-refractivity contribution is 5.94. The first-order chi connectivity index (χ1) is 9.93. The van der Waals surface area contributed by atoms with Gasteiger partial charge in [-0.3, -0.25) is 9.59 Å². The molecule has 2 rings (SSSR count). The van der Waals surface area contributed by atoms with Crippen molar-refractivity contribution in [2.45, 2.75) is 45.4 Å². The normalized spacial score (nSPS) is 16.7. The predicted octanol–water partition coefficient (Wildman–Crippen LogP) is 3.38. The average Bonchev–Trinajstić information content (AvgIpc) is 2.85. The summed E-state index contributed by atoms with van der Waals surface area (Å²) in [5, 5.41) is 9.13. The maximum Gasteiger partial charge on any atom is 0.303 e. The van der Waals surface area contributed by atoms with Gasteiger partial charge in [0.15, 0.2) is 0 Å². The number of hydrogen-bond donors (Lipinski definition) is 1. The Morgan fingerprint density at radius 3 is 2.38 bits per heavy atom. The molecule has 0 atom stereocenters. The molecule has 1 N–H and O–H groups in total. The number of carbonyl (C=O) groups excluding carboxylic acids is 1. The molecular formula is C17H23NO3. The molecule has 0 unspecified atom stereocenters. The van der Waals surface area contributed by atoms with Crippen molar-refractivity contribution in [3.05, 3.63) is 29.8 Å². The fourth-order valence-electron chi connectivity index (χ4n) is 3.38. The molecule has 4 nitrogen and oxygen atoms in total. The zero-order chi connectivity index (χ0) is 15.5. The number of rotatable bonds is 5. The minimum atomic E-state index is -0.803. The van der Waals surface area contributed by atoms with Gasteiger partial charge in [-0.2, -0.15) is 0 Å². The number of carbonyl (C=O) groups is 2. The number of hydrogen-bond acceptors (Lipinski definition) is 2. The maximum atomic E-state index is 12.6. The van der Waals surface area contributed by atoms with Crippen LogP contribution in [-0.4, -0.2) is 24.0 Å². The number of para-hydroxylation sites is 1. The summed E-state index contributed by atoms with van der Waals surface area (Å²) in [7, 11) is 1.77. The summed E-state index contributed by atoms with van der Waals surface area (Å²) < 4.78 is 0. The smallest absolute Gasteiger partial charge is 0.303 e. The SMILES string of the molecule is Cc1ccccc1N(C)C(=O)CC1(CC(=O)O)CCCC1. The van der Waals surface area contributed by atoms with E-state index in [9.17, 15) is 9.59 Å². The zero-order valence-electron chi connectivity index (χ0n) is 12.8. The number of nitrogens with zero attached hydrogens (tertiary/aromatic N) is 1. The molecule has 0 spiro atoms. The van der Waals surface area contributed by atoms with E-state index in [1.165, 1.54) is 0 Å². The van der Waals surface area contributed by atoms with E-state index in [-0.39, 0.29) is 17.7 Å². The molecule has 21 heavy (non-hydrogen) atoms. The van der Waals surface area contributed by atoms with Crippen molar-refractivity contribution in [1.29, 1.82) is 0 Å². The van der Waals surface area contributed by atoms with Gasteiger partial charge in [0.25, 0.3) is 0 Å². The molecular weight excluding hydrogens is 266 g/mol. The van der Waals surface area contributed by atoms with Crippen molar-refractivity contribution >= 4 is 17.6 Å². The first-order valence-corrected chi connectivity index (χ1v) is 7.47. The van der Waals surface area contributed by atoms with Gasteiger partial charge in [-0.1, -0.05) is 31.0 Å². The third kappa shape index (κ3) is 3.63. The number of aliphatic carboxylic acids is 1. The summed E-state index contributed by atoms with van der Waals surface area (Å²) in [5.74, 6) is -0.796. The molecule has 1 amide bonds. The number of carboxylic acids is 1. The van der Waals surface area contributed by atoms with Gasteiger partial charge in [0.1, 0.15) is 0 Å². The minimum absolute atomic E-state index is 0.00690. The van der Waals surface area contributed by atoms with E-state index in [0.29, 0.717) is 6.42 Å². The molecule has 0 heterocycles. The lowest BCUT2D eigenvalue weighted by Crippen LogP contribution is -2.33. The Morgan fingerprint density at radius 1 is 1.19 bits per heavy atom. The number of benzene rings is 1. The van der Waals surface area contributed by atoms with Crippen LogP contribution in [0.3, 0.4) is 0 Å². The highest BCUT2D eigenvalue weighted by Crippen LogP contribution is 2.44. The first kappa shape index (κ1) is 15.5. The fourth-order valence-corrected chi connectivity index (χ4v) is 3.38. The summed E-state index contributed by atoms with van der Waals surface area (Å²) in [6.45, 7) is 1.97. The molecule has 4 heteroatoms. The third-order valence-electron chi connectivity index (χ3n) is 4.57. The van der Waals surface area contributed by atoms with E-state index >= 15 is 0 Å². The van der Waals surface area contributed by atoms with Crippen LogP contribution < -0.4 is 4.90 Å². The van der Waals surface area contributed by atoms with Gasteiger partial charge in [0, 0.05) is 19.2 Å². The minimum Gasteiger partial charge on any atom is -0.481 e. The number of anilines is 1. The molecule has 0 aliphatic heterocycles. The van der Waals surface area contributed by atoms with Crippen molar-refractivity contribution in [1.82, 2.24) is 0 Å². The highest BCUT2D eigenvalue weighted by Gasteiger charge is 2.38. The van der Waals surface area contributed by atoms with Crippen LogP contribution in [0, 0.1) is 12.3 Å².